The highest BCUT2D eigenvalue weighted by Gasteiger charge is 2.52. The molecule has 2 nitrogen and oxygen atoms in total. The van der Waals surface area contributed by atoms with Crippen LogP contribution >= 0.6 is 0 Å². The first-order valence-corrected chi connectivity index (χ1v) is 7.94. The van der Waals surface area contributed by atoms with Crippen molar-refractivity contribution in [3.8, 4) is 0 Å². The lowest BCUT2D eigenvalue weighted by Crippen LogP contribution is -2.48. The van der Waals surface area contributed by atoms with Crippen molar-refractivity contribution in [2.24, 2.45) is 11.8 Å². The summed E-state index contributed by atoms with van der Waals surface area (Å²) in [5.41, 5.74) is 1.08. The van der Waals surface area contributed by atoms with Crippen LogP contribution in [-0.4, -0.2) is 23.9 Å². The minimum atomic E-state index is -0.315. The second-order valence-electron chi connectivity index (χ2n) is 6.81. The number of hydrogen-bond acceptors (Lipinski definition) is 2. The van der Waals surface area contributed by atoms with Crippen LogP contribution < -0.4 is 0 Å². The Balaban J connectivity index is 1.69. The van der Waals surface area contributed by atoms with Gasteiger partial charge in [0.2, 0.25) is 0 Å². The van der Waals surface area contributed by atoms with E-state index < -0.39 is 0 Å². The predicted octanol–water partition coefficient (Wildman–Crippen LogP) is 3.75. The number of hydrogen-bond donors (Lipinski definition) is 1. The maximum atomic E-state index is 10.9. The average molecular weight is 274 g/mol. The van der Waals surface area contributed by atoms with E-state index in [0.717, 1.165) is 25.2 Å². The third-order valence-electron chi connectivity index (χ3n) is 5.54. The molecule has 1 N–H and O–H groups in total. The zero-order chi connectivity index (χ0) is 14.2. The number of ether oxygens (including phenoxy) is 1. The standard InChI is InChI=1S/C18H26O2/c1-13-8-10-18(20-2,11-9-13)17(19)16-12-15(16)14-6-4-3-5-7-14/h3-7,13,15-17,19H,8-12H2,1-2H3. The van der Waals surface area contributed by atoms with E-state index in [1.807, 2.05) is 0 Å². The molecule has 0 heterocycles. The SMILES string of the molecule is COC1(C(O)C2CC2c2ccccc2)CCC(C)CC1. The maximum absolute atomic E-state index is 10.9. The largest absolute Gasteiger partial charge is 0.390 e. The first-order valence-electron chi connectivity index (χ1n) is 7.94. The summed E-state index contributed by atoms with van der Waals surface area (Å²) in [6.07, 6.45) is 5.14. The molecule has 110 valence electrons. The number of methoxy groups -OCH3 is 1. The van der Waals surface area contributed by atoms with Crippen LogP contribution in [0, 0.1) is 11.8 Å². The van der Waals surface area contributed by atoms with Crippen molar-refractivity contribution in [2.45, 2.75) is 56.7 Å². The fourth-order valence-electron chi connectivity index (χ4n) is 3.91. The molecule has 2 heteroatoms. The van der Waals surface area contributed by atoms with Gasteiger partial charge >= 0.3 is 0 Å². The summed E-state index contributed by atoms with van der Waals surface area (Å²) < 4.78 is 5.82. The van der Waals surface area contributed by atoms with Gasteiger partial charge in [0.25, 0.3) is 0 Å². The molecular formula is C18H26O2. The molecule has 2 saturated carbocycles. The second kappa shape index (κ2) is 5.50. The van der Waals surface area contributed by atoms with Crippen molar-refractivity contribution in [1.29, 1.82) is 0 Å². The Kier molecular flexibility index (Phi) is 3.87. The van der Waals surface area contributed by atoms with Gasteiger partial charge in [-0.15, -0.1) is 0 Å². The average Bonchev–Trinajstić information content (AvgIpc) is 3.29. The third kappa shape index (κ3) is 2.51. The van der Waals surface area contributed by atoms with Gasteiger partial charge in [0.05, 0.1) is 11.7 Å². The molecule has 2 aliphatic rings. The van der Waals surface area contributed by atoms with Crippen LogP contribution in [0.3, 0.4) is 0 Å². The number of benzene rings is 1. The Bertz CT molecular complexity index is 434. The molecular weight excluding hydrogens is 248 g/mol. The minimum Gasteiger partial charge on any atom is -0.390 e. The highest BCUT2D eigenvalue weighted by molar-refractivity contribution is 5.27. The Morgan fingerprint density at radius 1 is 1.20 bits per heavy atom. The summed E-state index contributed by atoms with van der Waals surface area (Å²) in [5, 5.41) is 10.9. The van der Waals surface area contributed by atoms with E-state index in [-0.39, 0.29) is 11.7 Å². The monoisotopic (exact) mass is 274 g/mol. The van der Waals surface area contributed by atoms with E-state index in [1.165, 1.54) is 18.4 Å². The molecule has 2 aliphatic carbocycles. The molecule has 0 aliphatic heterocycles. The van der Waals surface area contributed by atoms with Gasteiger partial charge in [-0.1, -0.05) is 37.3 Å². The molecule has 20 heavy (non-hydrogen) atoms. The van der Waals surface area contributed by atoms with Gasteiger partial charge in [0.1, 0.15) is 0 Å². The van der Waals surface area contributed by atoms with Crippen LogP contribution in [0.1, 0.15) is 50.5 Å². The Hall–Kier alpha value is -0.860. The van der Waals surface area contributed by atoms with Crippen molar-refractivity contribution in [1.82, 2.24) is 0 Å². The summed E-state index contributed by atoms with van der Waals surface area (Å²) in [6.45, 7) is 2.30. The highest BCUT2D eigenvalue weighted by atomic mass is 16.5. The van der Waals surface area contributed by atoms with E-state index in [0.29, 0.717) is 11.8 Å². The minimum absolute atomic E-state index is 0.291. The first kappa shape index (κ1) is 14.1. The second-order valence-corrected chi connectivity index (χ2v) is 6.81. The van der Waals surface area contributed by atoms with Gasteiger partial charge < -0.3 is 9.84 Å². The van der Waals surface area contributed by atoms with Crippen molar-refractivity contribution >= 4 is 0 Å². The normalized spacial score (nSPS) is 38.5. The summed E-state index contributed by atoms with van der Waals surface area (Å²) in [4.78, 5) is 0. The van der Waals surface area contributed by atoms with Crippen molar-refractivity contribution in [3.05, 3.63) is 35.9 Å². The van der Waals surface area contributed by atoms with Gasteiger partial charge in [-0.2, -0.15) is 0 Å². The van der Waals surface area contributed by atoms with Gasteiger partial charge in [0, 0.05) is 7.11 Å². The van der Waals surface area contributed by atoms with Crippen LogP contribution in [0.15, 0.2) is 30.3 Å². The fraction of sp³-hybridized carbons (Fsp3) is 0.667. The van der Waals surface area contributed by atoms with E-state index >= 15 is 0 Å². The molecule has 2 fully saturated rings. The summed E-state index contributed by atoms with van der Waals surface area (Å²) >= 11 is 0. The molecule has 0 aromatic heterocycles. The number of aliphatic hydroxyl groups is 1. The van der Waals surface area contributed by atoms with Gasteiger partial charge in [0.15, 0.2) is 0 Å². The molecule has 3 atom stereocenters. The Labute approximate surface area is 122 Å². The van der Waals surface area contributed by atoms with Crippen LogP contribution in [0.4, 0.5) is 0 Å². The number of rotatable bonds is 4. The molecule has 0 saturated heterocycles. The topological polar surface area (TPSA) is 29.5 Å². The smallest absolute Gasteiger partial charge is 0.0939 e. The van der Waals surface area contributed by atoms with E-state index in [1.54, 1.807) is 7.11 Å². The van der Waals surface area contributed by atoms with Gasteiger partial charge in [-0.3, -0.25) is 0 Å². The lowest BCUT2D eigenvalue weighted by Gasteiger charge is -2.42. The van der Waals surface area contributed by atoms with Gasteiger partial charge in [-0.25, -0.2) is 0 Å². The molecule has 3 rings (SSSR count). The van der Waals surface area contributed by atoms with E-state index in [9.17, 15) is 5.11 Å². The van der Waals surface area contributed by atoms with E-state index in [4.69, 9.17) is 4.74 Å². The zero-order valence-corrected chi connectivity index (χ0v) is 12.6. The summed E-state index contributed by atoms with van der Waals surface area (Å²) in [6, 6.07) is 10.6. The summed E-state index contributed by atoms with van der Waals surface area (Å²) in [5.74, 6) is 1.68. The lowest BCUT2D eigenvalue weighted by molar-refractivity contribution is -0.135. The van der Waals surface area contributed by atoms with Crippen molar-refractivity contribution in [3.63, 3.8) is 0 Å². The van der Waals surface area contributed by atoms with Crippen LogP contribution in [0.25, 0.3) is 0 Å². The molecule has 1 aromatic rings. The van der Waals surface area contributed by atoms with Crippen LogP contribution in [0.5, 0.6) is 0 Å². The quantitative estimate of drug-likeness (QED) is 0.906. The molecule has 0 radical (unpaired) electrons. The van der Waals surface area contributed by atoms with Crippen LogP contribution in [0.2, 0.25) is 0 Å². The lowest BCUT2D eigenvalue weighted by atomic mass is 9.74. The maximum Gasteiger partial charge on any atom is 0.0939 e. The highest BCUT2D eigenvalue weighted by Crippen LogP contribution is 2.54. The molecule has 1 aromatic carbocycles. The molecule has 0 amide bonds. The Morgan fingerprint density at radius 2 is 1.85 bits per heavy atom. The van der Waals surface area contributed by atoms with Crippen LogP contribution in [-0.2, 0) is 4.74 Å². The van der Waals surface area contributed by atoms with Gasteiger partial charge in [-0.05, 0) is 55.4 Å². The fourth-order valence-corrected chi connectivity index (χ4v) is 3.91. The predicted molar refractivity (Wildman–Crippen MR) is 80.7 cm³/mol. The molecule has 0 spiro atoms. The zero-order valence-electron chi connectivity index (χ0n) is 12.6. The Morgan fingerprint density at radius 3 is 2.45 bits per heavy atom. The third-order valence-corrected chi connectivity index (χ3v) is 5.54. The molecule has 0 bridgehead atoms. The van der Waals surface area contributed by atoms with Crippen molar-refractivity contribution in [2.75, 3.05) is 7.11 Å². The summed E-state index contributed by atoms with van der Waals surface area (Å²) in [7, 11) is 1.78. The van der Waals surface area contributed by atoms with Crippen molar-refractivity contribution < 1.29 is 9.84 Å². The number of aliphatic hydroxyl groups excluding tert-OH is 1. The first-order chi connectivity index (χ1) is 9.66. The molecule has 3 unspecified atom stereocenters. The van der Waals surface area contributed by atoms with E-state index in [2.05, 4.69) is 37.3 Å².